The number of benzene rings is 1. The van der Waals surface area contributed by atoms with E-state index in [0.29, 0.717) is 0 Å². The Morgan fingerprint density at radius 2 is 1.65 bits per heavy atom. The van der Waals surface area contributed by atoms with Crippen molar-refractivity contribution in [2.45, 2.75) is 39.5 Å². The maximum Gasteiger partial charge on any atom is 3.00 e. The molecule has 0 saturated carbocycles. The summed E-state index contributed by atoms with van der Waals surface area (Å²) in [6, 6.07) is 3.27. The first kappa shape index (κ1) is 16.0. The van der Waals surface area contributed by atoms with Gasteiger partial charge in [0.25, 0.3) is 0 Å². The standard InChI is InChI=1S/C13H18O3.Cr/c1-7(2)9-5-6-10(13(15)16)12(14)11(9)8(3)4;/h5-8,14H,1-4H3,(H,15,16);/q;+3. The minimum atomic E-state index is -1.09. The van der Waals surface area contributed by atoms with Gasteiger partial charge in [0.05, 0.1) is 0 Å². The van der Waals surface area contributed by atoms with Crippen molar-refractivity contribution >= 4 is 5.97 Å². The number of rotatable bonds is 3. The molecule has 0 aliphatic rings. The third-order valence-corrected chi connectivity index (χ3v) is 2.68. The van der Waals surface area contributed by atoms with E-state index in [1.54, 1.807) is 6.07 Å². The minimum Gasteiger partial charge on any atom is -0.507 e. The van der Waals surface area contributed by atoms with Gasteiger partial charge in [-0.1, -0.05) is 33.8 Å². The van der Waals surface area contributed by atoms with Crippen LogP contribution in [0, 0.1) is 0 Å². The van der Waals surface area contributed by atoms with E-state index in [9.17, 15) is 9.90 Å². The van der Waals surface area contributed by atoms with Crippen LogP contribution in [-0.2, 0) is 17.4 Å². The van der Waals surface area contributed by atoms with E-state index in [0.717, 1.165) is 11.1 Å². The van der Waals surface area contributed by atoms with Gasteiger partial charge < -0.3 is 10.2 Å². The van der Waals surface area contributed by atoms with Crippen LogP contribution >= 0.6 is 0 Å². The largest absolute Gasteiger partial charge is 3.00 e. The molecule has 0 saturated heterocycles. The molecule has 1 rings (SSSR count). The molecule has 3 nitrogen and oxygen atoms in total. The quantitative estimate of drug-likeness (QED) is 0.888. The molecule has 0 heterocycles. The molecule has 0 fully saturated rings. The zero-order valence-corrected chi connectivity index (χ0v) is 11.8. The van der Waals surface area contributed by atoms with E-state index in [2.05, 4.69) is 0 Å². The summed E-state index contributed by atoms with van der Waals surface area (Å²) >= 11 is 0. The van der Waals surface area contributed by atoms with Crippen molar-refractivity contribution in [3.8, 4) is 5.75 Å². The second-order valence-corrected chi connectivity index (χ2v) is 4.58. The number of carboxylic acid groups (broad SMARTS) is 1. The third kappa shape index (κ3) is 3.24. The molecule has 0 bridgehead atoms. The van der Waals surface area contributed by atoms with Crippen molar-refractivity contribution in [3.63, 3.8) is 0 Å². The molecule has 0 aliphatic carbocycles. The number of hydrogen-bond acceptors (Lipinski definition) is 2. The summed E-state index contributed by atoms with van der Waals surface area (Å²) in [7, 11) is 0. The van der Waals surface area contributed by atoms with Crippen LogP contribution in [0.15, 0.2) is 12.1 Å². The summed E-state index contributed by atoms with van der Waals surface area (Å²) in [6.45, 7) is 7.96. The average molecular weight is 274 g/mol. The first-order chi connectivity index (χ1) is 7.36. The molecule has 1 aromatic carbocycles. The molecular formula is C13H18CrO3+3. The van der Waals surface area contributed by atoms with Gasteiger partial charge in [-0.3, -0.25) is 0 Å². The van der Waals surface area contributed by atoms with Gasteiger partial charge in [0.1, 0.15) is 11.3 Å². The first-order valence-corrected chi connectivity index (χ1v) is 5.45. The Bertz CT molecular complexity index is 411. The van der Waals surface area contributed by atoms with Gasteiger partial charge in [-0.05, 0) is 23.5 Å². The molecule has 0 amide bonds. The zero-order chi connectivity index (χ0) is 12.5. The summed E-state index contributed by atoms with van der Waals surface area (Å²) < 4.78 is 0. The monoisotopic (exact) mass is 274 g/mol. The zero-order valence-electron chi connectivity index (χ0n) is 10.5. The molecular weight excluding hydrogens is 256 g/mol. The fourth-order valence-electron chi connectivity index (χ4n) is 1.91. The minimum absolute atomic E-state index is 0. The van der Waals surface area contributed by atoms with E-state index in [1.807, 2.05) is 27.7 Å². The van der Waals surface area contributed by atoms with E-state index in [-0.39, 0.29) is 40.5 Å². The summed E-state index contributed by atoms with van der Waals surface area (Å²) in [5.74, 6) is -0.800. The van der Waals surface area contributed by atoms with Gasteiger partial charge in [-0.25, -0.2) is 4.79 Å². The maximum atomic E-state index is 10.9. The van der Waals surface area contributed by atoms with Crippen LogP contribution in [0.25, 0.3) is 0 Å². The molecule has 0 aromatic heterocycles. The topological polar surface area (TPSA) is 57.5 Å². The number of aromatic carboxylic acids is 1. The van der Waals surface area contributed by atoms with Gasteiger partial charge >= 0.3 is 23.3 Å². The van der Waals surface area contributed by atoms with Gasteiger partial charge in [0, 0.05) is 5.56 Å². The Morgan fingerprint density at radius 3 is 2.00 bits per heavy atom. The molecule has 17 heavy (non-hydrogen) atoms. The molecule has 1 aromatic rings. The number of carboxylic acids is 1. The Balaban J connectivity index is 0.00000256. The molecule has 1 radical (unpaired) electrons. The van der Waals surface area contributed by atoms with Crippen LogP contribution in [0.5, 0.6) is 5.75 Å². The van der Waals surface area contributed by atoms with Gasteiger partial charge in [-0.15, -0.1) is 0 Å². The summed E-state index contributed by atoms with van der Waals surface area (Å²) in [6.07, 6.45) is 0. The second kappa shape index (κ2) is 6.09. The predicted octanol–water partition coefficient (Wildman–Crippen LogP) is 3.33. The molecule has 91 valence electrons. The van der Waals surface area contributed by atoms with E-state index >= 15 is 0 Å². The maximum absolute atomic E-state index is 10.9. The van der Waals surface area contributed by atoms with E-state index < -0.39 is 5.97 Å². The fourth-order valence-corrected chi connectivity index (χ4v) is 1.91. The number of phenols is 1. The van der Waals surface area contributed by atoms with Crippen LogP contribution in [-0.4, -0.2) is 16.2 Å². The number of carbonyl (C=O) groups is 1. The normalized spacial score (nSPS) is 10.5. The average Bonchev–Trinajstić information content (AvgIpc) is 2.15. The van der Waals surface area contributed by atoms with Crippen LogP contribution in [0.2, 0.25) is 0 Å². The van der Waals surface area contributed by atoms with Crippen LogP contribution < -0.4 is 0 Å². The molecule has 0 atom stereocenters. The Kier molecular flexibility index (Phi) is 5.74. The second-order valence-electron chi connectivity index (χ2n) is 4.58. The first-order valence-electron chi connectivity index (χ1n) is 5.45. The van der Waals surface area contributed by atoms with Crippen LogP contribution in [0.4, 0.5) is 0 Å². The predicted molar refractivity (Wildman–Crippen MR) is 63.2 cm³/mol. The molecule has 0 unspecified atom stereocenters. The van der Waals surface area contributed by atoms with Crippen molar-refractivity contribution in [2.24, 2.45) is 0 Å². The summed E-state index contributed by atoms with van der Waals surface area (Å²) in [5, 5.41) is 18.9. The summed E-state index contributed by atoms with van der Waals surface area (Å²) in [5.41, 5.74) is 1.74. The fraction of sp³-hybridized carbons (Fsp3) is 0.462. The van der Waals surface area contributed by atoms with Gasteiger partial charge in [0.2, 0.25) is 0 Å². The Morgan fingerprint density at radius 1 is 1.12 bits per heavy atom. The Labute approximate surface area is 113 Å². The van der Waals surface area contributed by atoms with Crippen molar-refractivity contribution in [2.75, 3.05) is 0 Å². The SMILES string of the molecule is CC(C)c1ccc(C(=O)O)c(O)c1C(C)C.[Cr+3]. The van der Waals surface area contributed by atoms with Crippen molar-refractivity contribution in [3.05, 3.63) is 28.8 Å². The Hall–Kier alpha value is -0.978. The molecule has 0 aliphatic heterocycles. The smallest absolute Gasteiger partial charge is 0.507 e. The number of aromatic hydroxyl groups is 1. The van der Waals surface area contributed by atoms with Crippen molar-refractivity contribution < 1.29 is 32.4 Å². The number of hydrogen-bond donors (Lipinski definition) is 2. The van der Waals surface area contributed by atoms with Crippen molar-refractivity contribution in [1.29, 1.82) is 0 Å². The molecule has 4 heteroatoms. The van der Waals surface area contributed by atoms with E-state index in [4.69, 9.17) is 5.11 Å². The molecule has 2 N–H and O–H groups in total. The summed E-state index contributed by atoms with van der Waals surface area (Å²) in [4.78, 5) is 10.9. The van der Waals surface area contributed by atoms with E-state index in [1.165, 1.54) is 6.07 Å². The van der Waals surface area contributed by atoms with Crippen LogP contribution in [0.1, 0.15) is 61.0 Å². The van der Waals surface area contributed by atoms with Gasteiger partial charge in [0.15, 0.2) is 0 Å². The molecule has 0 spiro atoms. The van der Waals surface area contributed by atoms with Crippen LogP contribution in [0.3, 0.4) is 0 Å². The van der Waals surface area contributed by atoms with Gasteiger partial charge in [-0.2, -0.15) is 0 Å². The van der Waals surface area contributed by atoms with Crippen molar-refractivity contribution in [1.82, 2.24) is 0 Å². The third-order valence-electron chi connectivity index (χ3n) is 2.68.